The van der Waals surface area contributed by atoms with Crippen molar-refractivity contribution in [1.82, 2.24) is 10.3 Å². The second-order valence-electron chi connectivity index (χ2n) is 8.65. The molecule has 0 bridgehead atoms. The summed E-state index contributed by atoms with van der Waals surface area (Å²) in [6.45, 7) is 1.98. The van der Waals surface area contributed by atoms with Crippen molar-refractivity contribution in [1.29, 1.82) is 0 Å². The molecule has 0 unspecified atom stereocenters. The van der Waals surface area contributed by atoms with Crippen LogP contribution in [0.5, 0.6) is 0 Å². The fourth-order valence-corrected chi connectivity index (χ4v) is 5.43. The Kier molecular flexibility index (Phi) is 7.25. The van der Waals surface area contributed by atoms with E-state index in [1.54, 1.807) is 29.4 Å². The van der Waals surface area contributed by atoms with Crippen molar-refractivity contribution < 1.29 is 14.4 Å². The average molecular weight is 452 g/mol. The lowest BCUT2D eigenvalue weighted by atomic mass is 9.94. The maximum atomic E-state index is 13.8. The summed E-state index contributed by atoms with van der Waals surface area (Å²) in [5, 5.41) is 3.24. The van der Waals surface area contributed by atoms with E-state index in [1.807, 2.05) is 31.2 Å². The van der Waals surface area contributed by atoms with E-state index >= 15 is 0 Å². The second kappa shape index (κ2) is 10.3. The predicted octanol–water partition coefficient (Wildman–Crippen LogP) is 4.19. The van der Waals surface area contributed by atoms with Crippen LogP contribution in [0.4, 0.5) is 5.69 Å². The first-order valence-electron chi connectivity index (χ1n) is 11.3. The molecular formula is C25H29N3O3S. The van der Waals surface area contributed by atoms with Crippen LogP contribution in [-0.4, -0.2) is 33.7 Å². The number of thioether (sulfide) groups is 1. The van der Waals surface area contributed by atoms with Crippen molar-refractivity contribution >= 4 is 34.4 Å². The number of hydrogen-bond donors (Lipinski definition) is 1. The number of anilines is 1. The predicted molar refractivity (Wildman–Crippen MR) is 126 cm³/mol. The molecule has 168 valence electrons. The van der Waals surface area contributed by atoms with E-state index in [-0.39, 0.29) is 29.4 Å². The van der Waals surface area contributed by atoms with Gasteiger partial charge in [0.25, 0.3) is 0 Å². The van der Waals surface area contributed by atoms with E-state index < -0.39 is 12.0 Å². The van der Waals surface area contributed by atoms with Crippen LogP contribution in [0.15, 0.2) is 48.8 Å². The zero-order valence-corrected chi connectivity index (χ0v) is 19.1. The van der Waals surface area contributed by atoms with Crippen LogP contribution in [-0.2, 0) is 14.4 Å². The molecule has 32 heavy (non-hydrogen) atoms. The number of rotatable bonds is 6. The lowest BCUT2D eigenvalue weighted by molar-refractivity contribution is -0.129. The Morgan fingerprint density at radius 2 is 1.75 bits per heavy atom. The van der Waals surface area contributed by atoms with Crippen LogP contribution < -0.4 is 10.2 Å². The number of nitrogens with one attached hydrogen (secondary N) is 1. The number of amides is 2. The van der Waals surface area contributed by atoms with Crippen molar-refractivity contribution in [3.05, 3.63) is 59.9 Å². The van der Waals surface area contributed by atoms with Gasteiger partial charge in [0, 0.05) is 36.3 Å². The van der Waals surface area contributed by atoms with Crippen LogP contribution in [0.1, 0.15) is 55.7 Å². The van der Waals surface area contributed by atoms with Crippen LogP contribution in [0.3, 0.4) is 0 Å². The van der Waals surface area contributed by atoms with Gasteiger partial charge < -0.3 is 5.32 Å². The number of hydrogen-bond acceptors (Lipinski definition) is 5. The maximum absolute atomic E-state index is 13.8. The molecule has 6 nitrogen and oxygen atoms in total. The molecule has 1 saturated carbocycles. The van der Waals surface area contributed by atoms with Gasteiger partial charge in [-0.05, 0) is 49.6 Å². The van der Waals surface area contributed by atoms with Crippen LogP contribution in [0, 0.1) is 12.8 Å². The molecule has 2 amide bonds. The van der Waals surface area contributed by atoms with Crippen molar-refractivity contribution in [2.45, 2.75) is 57.5 Å². The molecule has 1 N–H and O–H groups in total. The highest BCUT2D eigenvalue weighted by molar-refractivity contribution is 8.14. The molecule has 7 heteroatoms. The third kappa shape index (κ3) is 5.21. The highest BCUT2D eigenvalue weighted by atomic mass is 32.2. The Hall–Kier alpha value is -2.67. The first-order valence-corrected chi connectivity index (χ1v) is 12.3. The average Bonchev–Trinajstić information content (AvgIpc) is 3.25. The molecule has 4 rings (SSSR count). The minimum absolute atomic E-state index is 0.0272. The topological polar surface area (TPSA) is 79.4 Å². The van der Waals surface area contributed by atoms with Crippen LogP contribution in [0.25, 0.3) is 0 Å². The van der Waals surface area contributed by atoms with E-state index in [0.29, 0.717) is 17.0 Å². The van der Waals surface area contributed by atoms with Gasteiger partial charge in [-0.3, -0.25) is 24.3 Å². The van der Waals surface area contributed by atoms with Gasteiger partial charge >= 0.3 is 0 Å². The SMILES string of the molecule is Cc1ccc(N(C(=O)[C@H]2CSC(=O)C2)[C@H](C(=O)NC2CCCCC2)c2ccncc2)cc1. The normalized spacial score (nSPS) is 20.0. The molecule has 0 radical (unpaired) electrons. The Morgan fingerprint density at radius 3 is 2.38 bits per heavy atom. The summed E-state index contributed by atoms with van der Waals surface area (Å²) in [7, 11) is 0. The molecule has 2 atom stereocenters. The second-order valence-corrected chi connectivity index (χ2v) is 9.73. The number of carbonyl (C=O) groups is 3. The van der Waals surface area contributed by atoms with E-state index in [2.05, 4.69) is 10.3 Å². The summed E-state index contributed by atoms with van der Waals surface area (Å²) < 4.78 is 0. The Balaban J connectivity index is 1.73. The quantitative estimate of drug-likeness (QED) is 0.712. The summed E-state index contributed by atoms with van der Waals surface area (Å²) in [4.78, 5) is 45.0. The molecule has 1 aromatic heterocycles. The van der Waals surface area contributed by atoms with Gasteiger partial charge in [0.15, 0.2) is 5.12 Å². The number of aromatic nitrogens is 1. The van der Waals surface area contributed by atoms with E-state index in [1.165, 1.54) is 18.2 Å². The first kappa shape index (κ1) is 22.5. The first-order chi connectivity index (χ1) is 15.5. The van der Waals surface area contributed by atoms with Crippen molar-refractivity contribution in [2.24, 2.45) is 5.92 Å². The van der Waals surface area contributed by atoms with Gasteiger partial charge in [0.05, 0.1) is 5.92 Å². The molecule has 2 heterocycles. The fraction of sp³-hybridized carbons (Fsp3) is 0.440. The highest BCUT2D eigenvalue weighted by Crippen LogP contribution is 2.34. The van der Waals surface area contributed by atoms with E-state index in [0.717, 1.165) is 31.2 Å². The van der Waals surface area contributed by atoms with Gasteiger partial charge in [0.1, 0.15) is 6.04 Å². The van der Waals surface area contributed by atoms with Crippen molar-refractivity contribution in [3.63, 3.8) is 0 Å². The molecule has 1 aliphatic heterocycles. The molecular weight excluding hydrogens is 422 g/mol. The summed E-state index contributed by atoms with van der Waals surface area (Å²) in [5.74, 6) is -0.352. The molecule has 0 spiro atoms. The summed E-state index contributed by atoms with van der Waals surface area (Å²) in [6, 6.07) is 10.5. The lowest BCUT2D eigenvalue weighted by Gasteiger charge is -2.34. The summed E-state index contributed by atoms with van der Waals surface area (Å²) in [6.07, 6.45) is 8.81. The number of carbonyl (C=O) groups excluding carboxylic acids is 3. The molecule has 1 saturated heterocycles. The maximum Gasteiger partial charge on any atom is 0.248 e. The van der Waals surface area contributed by atoms with Crippen LogP contribution in [0.2, 0.25) is 0 Å². The highest BCUT2D eigenvalue weighted by Gasteiger charge is 2.39. The monoisotopic (exact) mass is 451 g/mol. The minimum atomic E-state index is -0.823. The molecule has 1 aromatic carbocycles. The van der Waals surface area contributed by atoms with Gasteiger partial charge in [0.2, 0.25) is 11.8 Å². The molecule has 2 aliphatic rings. The number of pyridine rings is 1. The summed E-state index contributed by atoms with van der Waals surface area (Å²) in [5.41, 5.74) is 2.43. The Bertz CT molecular complexity index is 958. The molecule has 1 aliphatic carbocycles. The number of nitrogens with zero attached hydrogens (tertiary/aromatic N) is 2. The van der Waals surface area contributed by atoms with E-state index in [9.17, 15) is 14.4 Å². The Labute approximate surface area is 193 Å². The largest absolute Gasteiger partial charge is 0.351 e. The standard InChI is InChI=1S/C25H29N3O3S/c1-17-7-9-21(10-8-17)28(25(31)19-15-22(29)32-16-19)23(18-11-13-26-14-12-18)24(30)27-20-5-3-2-4-6-20/h7-14,19-20,23H,2-6,15-16H2,1H3,(H,27,30)/t19-,23+/m1/s1. The molecule has 2 aromatic rings. The Morgan fingerprint density at radius 1 is 1.06 bits per heavy atom. The van der Waals surface area contributed by atoms with Gasteiger partial charge in [-0.2, -0.15) is 0 Å². The van der Waals surface area contributed by atoms with Crippen molar-refractivity contribution in [3.8, 4) is 0 Å². The van der Waals surface area contributed by atoms with E-state index in [4.69, 9.17) is 0 Å². The number of aryl methyl sites for hydroxylation is 1. The van der Waals surface area contributed by atoms with Crippen LogP contribution >= 0.6 is 11.8 Å². The molecule has 2 fully saturated rings. The smallest absolute Gasteiger partial charge is 0.248 e. The summed E-state index contributed by atoms with van der Waals surface area (Å²) >= 11 is 1.20. The van der Waals surface area contributed by atoms with Crippen molar-refractivity contribution in [2.75, 3.05) is 10.7 Å². The lowest BCUT2D eigenvalue weighted by Crippen LogP contribution is -2.49. The van der Waals surface area contributed by atoms with Gasteiger partial charge in [-0.1, -0.05) is 48.7 Å². The third-order valence-electron chi connectivity index (χ3n) is 6.24. The van der Waals surface area contributed by atoms with Gasteiger partial charge in [-0.25, -0.2) is 0 Å². The minimum Gasteiger partial charge on any atom is -0.351 e. The van der Waals surface area contributed by atoms with Gasteiger partial charge in [-0.15, -0.1) is 0 Å². The third-order valence-corrected chi connectivity index (χ3v) is 7.30. The zero-order valence-electron chi connectivity index (χ0n) is 18.3. The number of benzene rings is 1. The zero-order chi connectivity index (χ0) is 22.5. The fourth-order valence-electron chi connectivity index (χ4n) is 4.47.